The maximum Gasteiger partial charge on any atom is 0.446 e. The minimum absolute atomic E-state index is 0.122. The quantitative estimate of drug-likeness (QED) is 0.0826. The van der Waals surface area contributed by atoms with E-state index in [1.165, 1.54) is 68.6 Å². The van der Waals surface area contributed by atoms with Crippen molar-refractivity contribution in [1.82, 2.24) is 24.7 Å². The van der Waals surface area contributed by atoms with Gasteiger partial charge in [-0.1, -0.05) is 47.5 Å². The Morgan fingerprint density at radius 1 is 0.861 bits per heavy atom. The number of rotatable bonds is 18. The molecule has 0 bridgehead atoms. The van der Waals surface area contributed by atoms with Gasteiger partial charge < -0.3 is 25.2 Å². The van der Waals surface area contributed by atoms with Crippen LogP contribution in [0.15, 0.2) is 117 Å². The van der Waals surface area contributed by atoms with Crippen LogP contribution in [-0.4, -0.2) is 145 Å². The minimum Gasteiger partial charge on any atom is -0.381 e. The number of morpholine rings is 1. The van der Waals surface area contributed by atoms with Gasteiger partial charge in [0.2, 0.25) is 0 Å². The van der Waals surface area contributed by atoms with E-state index in [1.54, 1.807) is 29.5 Å². The molecule has 1 spiro atoms. The number of nitrogens with one attached hydrogen (secondary N) is 3. The van der Waals surface area contributed by atoms with Crippen molar-refractivity contribution in [2.45, 2.75) is 71.2 Å². The molecule has 0 saturated carbocycles. The van der Waals surface area contributed by atoms with E-state index in [0.29, 0.717) is 30.8 Å². The summed E-state index contributed by atoms with van der Waals surface area (Å²) in [5.74, 6) is 0.490. The number of carbonyl (C=O) groups excluding carboxylic acids is 1. The number of thioether (sulfide) groups is 2. The molecule has 5 aliphatic rings. The topological polar surface area (TPSA) is 109 Å². The normalized spacial score (nSPS) is 21.6. The number of piperazine rings is 1. The van der Waals surface area contributed by atoms with Gasteiger partial charge in [-0.3, -0.25) is 14.6 Å². The maximum absolute atomic E-state index is 14.0. The fourth-order valence-electron chi connectivity index (χ4n) is 11.1. The number of sulfonamides is 1. The molecule has 9 rings (SSSR count). The van der Waals surface area contributed by atoms with E-state index in [1.807, 2.05) is 54.6 Å². The molecular weight excluding hydrogens is 999 g/mol. The lowest BCUT2D eigenvalue weighted by atomic mass is 9.69. The van der Waals surface area contributed by atoms with Crippen LogP contribution in [0.4, 0.5) is 24.5 Å². The fraction of sp³-hybridized carbons (Fsp3) is 0.500. The molecule has 4 saturated heterocycles. The Morgan fingerprint density at radius 3 is 2.32 bits per heavy atom. The van der Waals surface area contributed by atoms with Gasteiger partial charge in [-0.25, -0.2) is 13.1 Å². The zero-order chi connectivity index (χ0) is 50.1. The molecule has 2 atom stereocenters. The van der Waals surface area contributed by atoms with Gasteiger partial charge in [0.1, 0.15) is 0 Å². The predicted octanol–water partition coefficient (Wildman–Crippen LogP) is 9.82. The highest BCUT2D eigenvalue weighted by molar-refractivity contribution is 8.00. The number of anilines is 2. The summed E-state index contributed by atoms with van der Waals surface area (Å²) < 4.78 is 77.1. The summed E-state index contributed by atoms with van der Waals surface area (Å²) in [7, 11) is -4.55. The van der Waals surface area contributed by atoms with Crippen molar-refractivity contribution in [1.29, 1.82) is 0 Å². The third kappa shape index (κ3) is 14.5. The van der Waals surface area contributed by atoms with Crippen LogP contribution in [-0.2, 0) is 14.8 Å². The van der Waals surface area contributed by atoms with Crippen molar-refractivity contribution in [2.24, 2.45) is 11.3 Å². The molecule has 11 nitrogen and oxygen atoms in total. The number of nitrogens with zero attached hydrogens (tertiary/aromatic N) is 4. The van der Waals surface area contributed by atoms with Crippen LogP contribution in [0.1, 0.15) is 60.9 Å². The van der Waals surface area contributed by atoms with E-state index in [0.717, 1.165) is 106 Å². The highest BCUT2D eigenvalue weighted by Gasteiger charge is 2.42. The highest BCUT2D eigenvalue weighted by Crippen LogP contribution is 2.49. The summed E-state index contributed by atoms with van der Waals surface area (Å²) >= 11 is 7.55. The molecule has 4 heterocycles. The molecule has 4 aliphatic heterocycles. The summed E-state index contributed by atoms with van der Waals surface area (Å²) in [5, 5.41) is 7.57. The van der Waals surface area contributed by atoms with E-state index < -0.39 is 26.3 Å². The zero-order valence-electron chi connectivity index (χ0n) is 40.8. The van der Waals surface area contributed by atoms with Crippen LogP contribution in [0.5, 0.6) is 0 Å². The SMILES string of the molecule is O=C(NS(=O)(=O)c1ccc(NC(CCN2CCOCC2)CSc2ccccc2)c(SC(F)(F)F)c1)c1ccc(N2CCN(CC3=C(c4ccc(Cl)cc4)CCC4(CCN(CC5CCNCC5)C4)C3)CC2)cc1. The van der Waals surface area contributed by atoms with Crippen LogP contribution >= 0.6 is 35.1 Å². The Balaban J connectivity index is 0.818. The van der Waals surface area contributed by atoms with Crippen molar-refractivity contribution in [3.63, 3.8) is 0 Å². The number of benzene rings is 4. The number of halogens is 4. The lowest BCUT2D eigenvalue weighted by molar-refractivity contribution is -0.0328. The molecule has 18 heteroatoms. The smallest absolute Gasteiger partial charge is 0.381 e. The van der Waals surface area contributed by atoms with Crippen LogP contribution in [0.2, 0.25) is 5.02 Å². The molecule has 0 aromatic heterocycles. The van der Waals surface area contributed by atoms with Crippen molar-refractivity contribution in [2.75, 3.05) is 114 Å². The van der Waals surface area contributed by atoms with Gasteiger partial charge in [-0.05, 0) is 166 Å². The summed E-state index contributed by atoms with van der Waals surface area (Å²) in [6.45, 7) is 13.6. The molecule has 0 radical (unpaired) electrons. The molecule has 4 aromatic carbocycles. The second-order valence-electron chi connectivity index (χ2n) is 20.1. The molecule has 3 N–H and O–H groups in total. The van der Waals surface area contributed by atoms with E-state index in [2.05, 4.69) is 47.1 Å². The average molecular weight is 1070 g/mol. The lowest BCUT2D eigenvalue weighted by Crippen LogP contribution is -2.47. The molecule has 2 unspecified atom stereocenters. The molecule has 388 valence electrons. The van der Waals surface area contributed by atoms with Gasteiger partial charge in [0.15, 0.2) is 0 Å². The van der Waals surface area contributed by atoms with E-state index in [-0.39, 0.29) is 34.0 Å². The van der Waals surface area contributed by atoms with Gasteiger partial charge in [0.05, 0.1) is 18.1 Å². The Morgan fingerprint density at radius 2 is 1.60 bits per heavy atom. The number of allylic oxidation sites excluding steroid dienone is 1. The lowest BCUT2D eigenvalue weighted by Gasteiger charge is -2.41. The second kappa shape index (κ2) is 24.3. The largest absolute Gasteiger partial charge is 0.446 e. The third-order valence-corrected chi connectivity index (χ3v) is 18.6. The summed E-state index contributed by atoms with van der Waals surface area (Å²) in [5.41, 5.74) is 1.13. The van der Waals surface area contributed by atoms with Gasteiger partial charge in [0.25, 0.3) is 15.9 Å². The third-order valence-electron chi connectivity index (χ3n) is 15.1. The highest BCUT2D eigenvalue weighted by atomic mass is 35.5. The van der Waals surface area contributed by atoms with Crippen LogP contribution < -0.4 is 20.3 Å². The Labute approximate surface area is 437 Å². The molecule has 4 aromatic rings. The van der Waals surface area contributed by atoms with Crippen molar-refractivity contribution in [3.8, 4) is 0 Å². The number of piperidine rings is 1. The van der Waals surface area contributed by atoms with Gasteiger partial charge in [0, 0.05) is 109 Å². The minimum atomic E-state index is -4.69. The van der Waals surface area contributed by atoms with Gasteiger partial charge >= 0.3 is 5.51 Å². The number of amides is 1. The van der Waals surface area contributed by atoms with Crippen LogP contribution in [0, 0.1) is 11.3 Å². The maximum atomic E-state index is 14.0. The van der Waals surface area contributed by atoms with Gasteiger partial charge in [-0.15, -0.1) is 11.8 Å². The van der Waals surface area contributed by atoms with Crippen LogP contribution in [0.25, 0.3) is 5.57 Å². The zero-order valence-corrected chi connectivity index (χ0v) is 44.0. The average Bonchev–Trinajstić information content (AvgIpc) is 3.76. The Kier molecular flexibility index (Phi) is 17.9. The first-order valence-electron chi connectivity index (χ1n) is 25.4. The predicted molar refractivity (Wildman–Crippen MR) is 286 cm³/mol. The van der Waals surface area contributed by atoms with Gasteiger partial charge in [-0.2, -0.15) is 13.2 Å². The molecule has 72 heavy (non-hydrogen) atoms. The van der Waals surface area contributed by atoms with Crippen molar-refractivity contribution >= 4 is 68.0 Å². The van der Waals surface area contributed by atoms with E-state index in [9.17, 15) is 26.4 Å². The molecule has 1 amide bonds. The number of alkyl halides is 3. The first kappa shape index (κ1) is 53.1. The van der Waals surface area contributed by atoms with Crippen LogP contribution in [0.3, 0.4) is 0 Å². The first-order valence-corrected chi connectivity index (χ1v) is 29.1. The molecule has 4 fully saturated rings. The number of carbonyl (C=O) groups is 1. The van der Waals surface area contributed by atoms with E-state index >= 15 is 0 Å². The summed E-state index contributed by atoms with van der Waals surface area (Å²) in [6, 6.07) is 28.3. The summed E-state index contributed by atoms with van der Waals surface area (Å²) in [6.07, 6.45) is 7.85. The monoisotopic (exact) mass is 1070 g/mol. The Hall–Kier alpha value is -3.78. The summed E-state index contributed by atoms with van der Waals surface area (Å²) in [4.78, 5) is 23.6. The Bertz CT molecular complexity index is 2580. The molecular formula is C54H67ClF3N7O4S3. The van der Waals surface area contributed by atoms with Crippen molar-refractivity contribution in [3.05, 3.63) is 119 Å². The first-order chi connectivity index (χ1) is 34.7. The number of likely N-dealkylation sites (tertiary alicyclic amines) is 1. The molecule has 1 aliphatic carbocycles. The number of hydrogen-bond acceptors (Lipinski definition) is 12. The second-order valence-corrected chi connectivity index (χ2v) is 24.4. The fourth-order valence-corrected chi connectivity index (χ4v) is 14.0. The standard InChI is InChI=1S/C54H67ClF3N7O4S3/c55-44-10-6-41(7-11-44)49-16-20-53(21-25-64(39-53)36-40-17-22-59-23-18-40)35-43(49)37-63-26-28-65(29-27-63)46-12-8-42(9-13-46)52(66)61-72(67,68)48-14-15-50(51(34-48)71-54(56,57)58)60-45(19-24-62-30-32-69-33-31-62)38-70-47-4-2-1-3-5-47/h1-15,34,40,45,59-60H,16-33,35-39H2,(H,61,66). The number of hydrogen-bond donors (Lipinski definition) is 3. The number of ether oxygens (including phenoxy) is 1. The van der Waals surface area contributed by atoms with E-state index in [4.69, 9.17) is 16.3 Å². The van der Waals surface area contributed by atoms with Crippen molar-refractivity contribution < 1.29 is 31.1 Å².